The van der Waals surface area contributed by atoms with Crippen molar-refractivity contribution in [3.05, 3.63) is 75.8 Å². The Bertz CT molecular complexity index is 1350. The molecule has 0 N–H and O–H groups in total. The van der Waals surface area contributed by atoms with Gasteiger partial charge in [0.2, 0.25) is 0 Å². The molecule has 0 amide bonds. The number of fused-ring (bicyclic) bond motifs is 5. The molecule has 162 valence electrons. The fourth-order valence-electron chi connectivity index (χ4n) is 4.76. The van der Waals surface area contributed by atoms with E-state index in [2.05, 4.69) is 48.2 Å². The van der Waals surface area contributed by atoms with Gasteiger partial charge in [0.15, 0.2) is 5.75 Å². The number of pyridine rings is 1. The van der Waals surface area contributed by atoms with E-state index in [-0.39, 0.29) is 16.4 Å². The van der Waals surface area contributed by atoms with Crippen LogP contribution in [0.4, 0.5) is 5.69 Å². The van der Waals surface area contributed by atoms with E-state index in [0.29, 0.717) is 6.61 Å². The van der Waals surface area contributed by atoms with E-state index in [1.54, 1.807) is 12.1 Å². The van der Waals surface area contributed by atoms with Crippen LogP contribution in [-0.2, 0) is 13.0 Å². The van der Waals surface area contributed by atoms with Crippen molar-refractivity contribution in [3.63, 3.8) is 0 Å². The van der Waals surface area contributed by atoms with Crippen molar-refractivity contribution in [2.45, 2.75) is 26.8 Å². The summed E-state index contributed by atoms with van der Waals surface area (Å²) in [6.07, 6.45) is 0.933. The van der Waals surface area contributed by atoms with Crippen molar-refractivity contribution in [2.75, 3.05) is 19.7 Å². The second kappa shape index (κ2) is 8.20. The number of nitrogens with zero attached hydrogens (tertiary/aromatic N) is 3. The van der Waals surface area contributed by atoms with Crippen LogP contribution in [0.1, 0.15) is 25.0 Å². The SMILES string of the molecule is CCOc1ccc(-c2nc3ccc4ccccc4c3c3c2CN(CC)CC3)cc1[N+](=O)[O-]. The van der Waals surface area contributed by atoms with Gasteiger partial charge >= 0.3 is 5.69 Å². The van der Waals surface area contributed by atoms with E-state index in [4.69, 9.17) is 9.72 Å². The fraction of sp³-hybridized carbons (Fsp3) is 0.269. The Morgan fingerprint density at radius 1 is 1.09 bits per heavy atom. The minimum absolute atomic E-state index is 0.0262. The summed E-state index contributed by atoms with van der Waals surface area (Å²) in [5.74, 6) is 0.289. The number of hydrogen-bond acceptors (Lipinski definition) is 5. The summed E-state index contributed by atoms with van der Waals surface area (Å²) in [6, 6.07) is 17.8. The molecule has 1 aliphatic rings. The van der Waals surface area contributed by atoms with Crippen LogP contribution in [0.25, 0.3) is 32.9 Å². The zero-order chi connectivity index (χ0) is 22.2. The Morgan fingerprint density at radius 2 is 1.94 bits per heavy atom. The molecule has 0 atom stereocenters. The molecule has 0 bridgehead atoms. The molecular weight excluding hydrogens is 402 g/mol. The molecule has 0 radical (unpaired) electrons. The maximum absolute atomic E-state index is 11.7. The second-order valence-corrected chi connectivity index (χ2v) is 8.09. The highest BCUT2D eigenvalue weighted by Gasteiger charge is 2.25. The summed E-state index contributed by atoms with van der Waals surface area (Å²) in [7, 11) is 0. The average molecular weight is 428 g/mol. The van der Waals surface area contributed by atoms with Crippen LogP contribution in [0.5, 0.6) is 5.75 Å². The topological polar surface area (TPSA) is 68.5 Å². The first-order chi connectivity index (χ1) is 15.6. The number of likely N-dealkylation sites (N-methyl/N-ethyl adjacent to an activating group) is 1. The van der Waals surface area contributed by atoms with Gasteiger partial charge in [0.05, 0.1) is 22.7 Å². The first kappa shape index (κ1) is 20.4. The maximum atomic E-state index is 11.7. The van der Waals surface area contributed by atoms with Crippen LogP contribution in [0.15, 0.2) is 54.6 Å². The lowest BCUT2D eigenvalue weighted by Gasteiger charge is -2.30. The van der Waals surface area contributed by atoms with Crippen LogP contribution >= 0.6 is 0 Å². The quantitative estimate of drug-likeness (QED) is 0.231. The third kappa shape index (κ3) is 3.37. The van der Waals surface area contributed by atoms with E-state index in [0.717, 1.165) is 42.8 Å². The minimum atomic E-state index is -0.381. The third-order valence-corrected chi connectivity index (χ3v) is 6.33. The molecule has 32 heavy (non-hydrogen) atoms. The third-order valence-electron chi connectivity index (χ3n) is 6.33. The van der Waals surface area contributed by atoms with Crippen molar-refractivity contribution in [1.82, 2.24) is 9.88 Å². The molecule has 0 saturated heterocycles. The van der Waals surface area contributed by atoms with Gasteiger partial charge in [-0.05, 0) is 60.0 Å². The largest absolute Gasteiger partial charge is 0.487 e. The lowest BCUT2D eigenvalue weighted by molar-refractivity contribution is -0.385. The van der Waals surface area contributed by atoms with Crippen LogP contribution in [-0.4, -0.2) is 34.5 Å². The van der Waals surface area contributed by atoms with E-state index in [9.17, 15) is 10.1 Å². The molecule has 6 heteroatoms. The number of rotatable bonds is 5. The van der Waals surface area contributed by atoms with Crippen molar-refractivity contribution >= 4 is 27.4 Å². The zero-order valence-electron chi connectivity index (χ0n) is 18.3. The Hall–Kier alpha value is -3.51. The van der Waals surface area contributed by atoms with Gasteiger partial charge in [0, 0.05) is 30.1 Å². The van der Waals surface area contributed by atoms with Gasteiger partial charge < -0.3 is 4.74 Å². The van der Waals surface area contributed by atoms with Gasteiger partial charge in [-0.3, -0.25) is 15.0 Å². The number of ether oxygens (including phenoxy) is 1. The molecule has 0 spiro atoms. The molecule has 1 aromatic heterocycles. The molecular formula is C26H25N3O3. The number of nitro benzene ring substituents is 1. The standard InChI is InChI=1S/C26H25N3O3/c1-3-28-14-13-20-21(16-28)26(18-10-12-24(32-4-2)23(15-18)29(30)31)27-22-11-9-17-7-5-6-8-19(17)25(20)22/h5-12,15H,3-4,13-14,16H2,1-2H3. The maximum Gasteiger partial charge on any atom is 0.311 e. The van der Waals surface area contributed by atoms with Crippen LogP contribution in [0, 0.1) is 10.1 Å². The van der Waals surface area contributed by atoms with Crippen molar-refractivity contribution in [3.8, 4) is 17.0 Å². The monoisotopic (exact) mass is 427 g/mol. The Labute approximate surface area is 186 Å². The highest BCUT2D eigenvalue weighted by atomic mass is 16.6. The Morgan fingerprint density at radius 3 is 2.72 bits per heavy atom. The van der Waals surface area contributed by atoms with Gasteiger partial charge in [-0.15, -0.1) is 0 Å². The lowest BCUT2D eigenvalue weighted by Crippen LogP contribution is -2.31. The van der Waals surface area contributed by atoms with E-state index >= 15 is 0 Å². The normalized spacial score (nSPS) is 13.9. The second-order valence-electron chi connectivity index (χ2n) is 8.09. The van der Waals surface area contributed by atoms with Crippen molar-refractivity contribution < 1.29 is 9.66 Å². The van der Waals surface area contributed by atoms with E-state index in [1.165, 1.54) is 27.3 Å². The number of nitro groups is 1. The van der Waals surface area contributed by atoms with Gasteiger partial charge in [-0.1, -0.05) is 37.3 Å². The molecule has 3 aromatic carbocycles. The first-order valence-electron chi connectivity index (χ1n) is 11.1. The Balaban J connectivity index is 1.80. The molecule has 0 fully saturated rings. The molecule has 4 aromatic rings. The van der Waals surface area contributed by atoms with Crippen molar-refractivity contribution in [2.24, 2.45) is 0 Å². The molecule has 0 unspecified atom stereocenters. The Kier molecular flexibility index (Phi) is 5.23. The lowest BCUT2D eigenvalue weighted by atomic mass is 9.89. The molecule has 1 aliphatic heterocycles. The number of benzene rings is 3. The predicted molar refractivity (Wildman–Crippen MR) is 127 cm³/mol. The van der Waals surface area contributed by atoms with E-state index in [1.807, 2.05) is 13.0 Å². The number of hydrogen-bond donors (Lipinski definition) is 0. The number of aromatic nitrogens is 1. The summed E-state index contributed by atoms with van der Waals surface area (Å²) >= 11 is 0. The van der Waals surface area contributed by atoms with Gasteiger partial charge in [-0.25, -0.2) is 4.98 Å². The summed E-state index contributed by atoms with van der Waals surface area (Å²) < 4.78 is 5.48. The van der Waals surface area contributed by atoms with Crippen molar-refractivity contribution in [1.29, 1.82) is 0 Å². The van der Waals surface area contributed by atoms with Crippen LogP contribution < -0.4 is 4.74 Å². The molecule has 0 saturated carbocycles. The first-order valence-corrected chi connectivity index (χ1v) is 11.1. The molecule has 6 nitrogen and oxygen atoms in total. The zero-order valence-corrected chi connectivity index (χ0v) is 18.3. The molecule has 5 rings (SSSR count). The summed E-state index contributed by atoms with van der Waals surface area (Å²) in [5, 5.41) is 15.3. The van der Waals surface area contributed by atoms with Gasteiger partial charge in [0.25, 0.3) is 0 Å². The summed E-state index contributed by atoms with van der Waals surface area (Å²) in [5.41, 5.74) is 4.96. The highest BCUT2D eigenvalue weighted by molar-refractivity contribution is 6.09. The summed E-state index contributed by atoms with van der Waals surface area (Å²) in [4.78, 5) is 18.8. The average Bonchev–Trinajstić information content (AvgIpc) is 2.83. The predicted octanol–water partition coefficient (Wildman–Crippen LogP) is 5.74. The van der Waals surface area contributed by atoms with Gasteiger partial charge in [-0.2, -0.15) is 0 Å². The summed E-state index contributed by atoms with van der Waals surface area (Å²) in [6.45, 7) is 7.10. The van der Waals surface area contributed by atoms with E-state index < -0.39 is 0 Å². The van der Waals surface area contributed by atoms with Crippen LogP contribution in [0.2, 0.25) is 0 Å². The smallest absolute Gasteiger partial charge is 0.311 e. The molecule has 0 aliphatic carbocycles. The fourth-order valence-corrected chi connectivity index (χ4v) is 4.76. The minimum Gasteiger partial charge on any atom is -0.487 e. The highest BCUT2D eigenvalue weighted by Crippen LogP contribution is 2.39. The molecule has 2 heterocycles. The van der Waals surface area contributed by atoms with Crippen LogP contribution in [0.3, 0.4) is 0 Å². The van der Waals surface area contributed by atoms with Gasteiger partial charge in [0.1, 0.15) is 0 Å².